The number of nitrogens with zero attached hydrogens (tertiary/aromatic N) is 1. The molecule has 1 heterocycles. The van der Waals surface area contributed by atoms with Gasteiger partial charge in [-0.3, -0.25) is 14.6 Å². The van der Waals surface area contributed by atoms with Crippen molar-refractivity contribution in [3.05, 3.63) is 64.9 Å². The van der Waals surface area contributed by atoms with E-state index in [1.54, 1.807) is 24.5 Å². The first-order valence-corrected chi connectivity index (χ1v) is 13.0. The molecule has 1 aromatic heterocycles. The first-order chi connectivity index (χ1) is 16.7. The predicted octanol–water partition coefficient (Wildman–Crippen LogP) is 4.61. The van der Waals surface area contributed by atoms with Gasteiger partial charge in [0.05, 0.1) is 6.10 Å². The largest absolute Gasteiger partial charge is 0.392 e. The van der Waals surface area contributed by atoms with Crippen molar-refractivity contribution in [2.45, 2.75) is 65.1 Å². The van der Waals surface area contributed by atoms with E-state index in [1.165, 1.54) is 0 Å². The number of fused-ring (bicyclic) bond motifs is 1. The van der Waals surface area contributed by atoms with E-state index in [0.29, 0.717) is 17.1 Å². The zero-order valence-corrected chi connectivity index (χ0v) is 21.5. The molecule has 0 bridgehead atoms. The maximum absolute atomic E-state index is 13.0. The number of rotatable bonds is 6. The fourth-order valence-electron chi connectivity index (χ4n) is 6.43. The summed E-state index contributed by atoms with van der Waals surface area (Å²) in [6.07, 6.45) is 6.24. The number of aromatic nitrogens is 1. The molecule has 6 nitrogen and oxygen atoms in total. The van der Waals surface area contributed by atoms with Crippen LogP contribution in [0.5, 0.6) is 0 Å². The van der Waals surface area contributed by atoms with E-state index in [1.807, 2.05) is 31.2 Å². The van der Waals surface area contributed by atoms with Crippen LogP contribution in [-0.2, 0) is 11.3 Å². The van der Waals surface area contributed by atoms with Crippen LogP contribution in [0.15, 0.2) is 48.8 Å². The number of aliphatic hydroxyl groups excluding tert-OH is 1. The third-order valence-corrected chi connectivity index (χ3v) is 8.98. The molecular formula is C28H36ClN3O3. The first-order valence-electron chi connectivity index (χ1n) is 12.6. The molecule has 0 saturated heterocycles. The zero-order valence-electron chi connectivity index (χ0n) is 20.7. The first kappa shape index (κ1) is 25.6. The molecule has 0 spiro atoms. The van der Waals surface area contributed by atoms with Gasteiger partial charge in [0.2, 0.25) is 5.91 Å². The van der Waals surface area contributed by atoms with E-state index in [0.717, 1.165) is 31.2 Å². The second-order valence-electron chi connectivity index (χ2n) is 10.7. The van der Waals surface area contributed by atoms with Gasteiger partial charge in [-0.05, 0) is 72.6 Å². The van der Waals surface area contributed by atoms with Crippen LogP contribution in [0.25, 0.3) is 0 Å². The molecule has 2 aliphatic carbocycles. The average Bonchev–Trinajstić information content (AvgIpc) is 2.85. The highest BCUT2D eigenvalue weighted by Gasteiger charge is 2.53. The monoisotopic (exact) mass is 497 g/mol. The highest BCUT2D eigenvalue weighted by atomic mass is 35.5. The Hall–Kier alpha value is -2.44. The third kappa shape index (κ3) is 5.39. The number of halogens is 1. The van der Waals surface area contributed by atoms with Gasteiger partial charge < -0.3 is 15.7 Å². The topological polar surface area (TPSA) is 91.3 Å². The van der Waals surface area contributed by atoms with Crippen molar-refractivity contribution in [1.82, 2.24) is 15.6 Å². The van der Waals surface area contributed by atoms with E-state index >= 15 is 0 Å². The summed E-state index contributed by atoms with van der Waals surface area (Å²) in [6.45, 7) is 6.67. The second-order valence-corrected chi connectivity index (χ2v) is 11.1. The zero-order chi connectivity index (χ0) is 25.2. The number of hydrogen-bond acceptors (Lipinski definition) is 4. The van der Waals surface area contributed by atoms with E-state index in [-0.39, 0.29) is 46.9 Å². The molecule has 2 aromatic rings. The Morgan fingerprint density at radius 3 is 2.57 bits per heavy atom. The summed E-state index contributed by atoms with van der Waals surface area (Å²) in [4.78, 5) is 29.8. The van der Waals surface area contributed by atoms with Gasteiger partial charge in [-0.1, -0.05) is 50.6 Å². The fraction of sp³-hybridized carbons (Fsp3) is 0.536. The number of carbonyl (C=O) groups excluding carboxylic acids is 2. The lowest BCUT2D eigenvalue weighted by atomic mass is 9.51. The number of amides is 2. The molecule has 7 unspecified atom stereocenters. The van der Waals surface area contributed by atoms with Crippen LogP contribution in [0, 0.1) is 29.1 Å². The van der Waals surface area contributed by atoms with Gasteiger partial charge in [0.1, 0.15) is 0 Å². The van der Waals surface area contributed by atoms with Crippen molar-refractivity contribution in [3.8, 4) is 0 Å². The number of benzene rings is 1. The summed E-state index contributed by atoms with van der Waals surface area (Å²) in [6, 6.07) is 10.9. The summed E-state index contributed by atoms with van der Waals surface area (Å²) in [5, 5.41) is 18.4. The molecule has 1 aromatic carbocycles. The third-order valence-electron chi connectivity index (χ3n) is 8.61. The SMILES string of the molecule is CC(C(=O)NCc1ccccc1Cl)C1CCC2(C)CCC(NC(=O)c3ccncc3)C(C)C2C1O. The van der Waals surface area contributed by atoms with Crippen molar-refractivity contribution >= 4 is 23.4 Å². The van der Waals surface area contributed by atoms with E-state index in [2.05, 4.69) is 29.5 Å². The van der Waals surface area contributed by atoms with Crippen LogP contribution in [0.3, 0.4) is 0 Å². The maximum atomic E-state index is 13.0. The minimum absolute atomic E-state index is 0.000980. The van der Waals surface area contributed by atoms with E-state index in [4.69, 9.17) is 11.6 Å². The molecule has 0 radical (unpaired) electrons. The standard InChI is InChI=1S/C28H36ClN3O3/c1-17(26(34)31-16-20-6-4-5-7-22(20)29)21-8-12-28(3)13-9-23(18(2)24(28)25(21)33)32-27(35)19-10-14-30-15-11-19/h4-7,10-11,14-15,17-18,21,23-25,33H,8-9,12-13,16H2,1-3H3,(H,31,34)(H,32,35). The Labute approximate surface area is 212 Å². The number of carbonyl (C=O) groups is 2. The summed E-state index contributed by atoms with van der Waals surface area (Å²) < 4.78 is 0. The molecule has 188 valence electrons. The van der Waals surface area contributed by atoms with Crippen LogP contribution in [0.2, 0.25) is 5.02 Å². The normalized spacial score (nSPS) is 31.2. The highest BCUT2D eigenvalue weighted by Crippen LogP contribution is 2.55. The smallest absolute Gasteiger partial charge is 0.251 e. The molecule has 0 aliphatic heterocycles. The van der Waals surface area contributed by atoms with Crippen LogP contribution >= 0.6 is 11.6 Å². The molecule has 2 amide bonds. The molecule has 7 atom stereocenters. The second kappa shape index (κ2) is 10.7. The lowest BCUT2D eigenvalue weighted by Gasteiger charge is -2.56. The summed E-state index contributed by atoms with van der Waals surface area (Å²) in [7, 11) is 0. The number of hydrogen-bond donors (Lipinski definition) is 3. The fourth-order valence-corrected chi connectivity index (χ4v) is 6.63. The lowest BCUT2D eigenvalue weighted by Crippen LogP contribution is -2.58. The number of aliphatic hydroxyl groups is 1. The van der Waals surface area contributed by atoms with Gasteiger partial charge in [-0.2, -0.15) is 0 Å². The van der Waals surface area contributed by atoms with Gasteiger partial charge in [-0.15, -0.1) is 0 Å². The molecule has 4 rings (SSSR count). The lowest BCUT2D eigenvalue weighted by molar-refractivity contribution is -0.142. The van der Waals surface area contributed by atoms with Gasteiger partial charge in [-0.25, -0.2) is 0 Å². The number of nitrogens with one attached hydrogen (secondary N) is 2. The van der Waals surface area contributed by atoms with Gasteiger partial charge in [0.25, 0.3) is 5.91 Å². The highest BCUT2D eigenvalue weighted by molar-refractivity contribution is 6.31. The van der Waals surface area contributed by atoms with Crippen LogP contribution < -0.4 is 10.6 Å². The Balaban J connectivity index is 1.43. The molecule has 2 fully saturated rings. The summed E-state index contributed by atoms with van der Waals surface area (Å²) in [5.74, 6) is -0.523. The average molecular weight is 498 g/mol. The van der Waals surface area contributed by atoms with Crippen LogP contribution in [0.1, 0.15) is 62.4 Å². The number of pyridine rings is 1. The summed E-state index contributed by atoms with van der Waals surface area (Å²) >= 11 is 6.23. The minimum atomic E-state index is -0.606. The van der Waals surface area contributed by atoms with Crippen molar-refractivity contribution < 1.29 is 14.7 Å². The minimum Gasteiger partial charge on any atom is -0.392 e. The van der Waals surface area contributed by atoms with Gasteiger partial charge in [0, 0.05) is 41.5 Å². The van der Waals surface area contributed by atoms with Crippen molar-refractivity contribution in [2.24, 2.45) is 29.1 Å². The Morgan fingerprint density at radius 1 is 1.17 bits per heavy atom. The van der Waals surface area contributed by atoms with Gasteiger partial charge >= 0.3 is 0 Å². The Bertz CT molecular complexity index is 1050. The van der Waals surface area contributed by atoms with Crippen LogP contribution in [0.4, 0.5) is 0 Å². The van der Waals surface area contributed by atoms with Crippen molar-refractivity contribution in [2.75, 3.05) is 0 Å². The molecule has 35 heavy (non-hydrogen) atoms. The van der Waals surface area contributed by atoms with Crippen molar-refractivity contribution in [1.29, 1.82) is 0 Å². The van der Waals surface area contributed by atoms with Crippen molar-refractivity contribution in [3.63, 3.8) is 0 Å². The Kier molecular flexibility index (Phi) is 7.82. The molecule has 3 N–H and O–H groups in total. The van der Waals surface area contributed by atoms with Gasteiger partial charge in [0.15, 0.2) is 0 Å². The quantitative estimate of drug-likeness (QED) is 0.543. The molecule has 7 heteroatoms. The summed E-state index contributed by atoms with van der Waals surface area (Å²) in [5.41, 5.74) is 1.47. The van der Waals surface area contributed by atoms with E-state index < -0.39 is 6.10 Å². The molecular weight excluding hydrogens is 462 g/mol. The molecule has 2 aliphatic rings. The van der Waals surface area contributed by atoms with E-state index in [9.17, 15) is 14.7 Å². The Morgan fingerprint density at radius 2 is 1.86 bits per heavy atom. The maximum Gasteiger partial charge on any atom is 0.251 e. The van der Waals surface area contributed by atoms with Crippen LogP contribution in [-0.4, -0.2) is 34.1 Å². The predicted molar refractivity (Wildman–Crippen MR) is 137 cm³/mol. The molecule has 2 saturated carbocycles.